The summed E-state index contributed by atoms with van der Waals surface area (Å²) in [7, 11) is 0. The molecule has 0 bridgehead atoms. The van der Waals surface area contributed by atoms with Gasteiger partial charge < -0.3 is 9.64 Å². The van der Waals surface area contributed by atoms with Gasteiger partial charge in [-0.15, -0.1) is 0 Å². The average Bonchev–Trinajstić information content (AvgIpc) is 2.73. The number of aromatic nitrogens is 2. The summed E-state index contributed by atoms with van der Waals surface area (Å²) in [4.78, 5) is 19.8. The number of rotatable bonds is 6. The molecule has 2 atom stereocenters. The maximum absolute atomic E-state index is 13.3. The highest BCUT2D eigenvalue weighted by Crippen LogP contribution is 2.23. The van der Waals surface area contributed by atoms with E-state index in [1.165, 1.54) is 12.1 Å². The Kier molecular flexibility index (Phi) is 6.56. The monoisotopic (exact) mass is 424 g/mol. The lowest BCUT2D eigenvalue weighted by atomic mass is 10.2. The zero-order valence-electron chi connectivity index (χ0n) is 17.9. The van der Waals surface area contributed by atoms with Crippen LogP contribution in [0.4, 0.5) is 0 Å². The molecule has 1 fully saturated rings. The fourth-order valence-corrected chi connectivity index (χ4v) is 5.05. The SMILES string of the molecule is Cc1ccc(-n2c(SC[C@H]3C[NH+](CC(C)C)CCO3)nc3ccccc3c2=O)cc1. The van der Waals surface area contributed by atoms with Crippen molar-refractivity contribution in [1.29, 1.82) is 0 Å². The lowest BCUT2D eigenvalue weighted by molar-refractivity contribution is -0.914. The van der Waals surface area contributed by atoms with Crippen LogP contribution in [0.25, 0.3) is 16.6 Å². The second-order valence-corrected chi connectivity index (χ2v) is 9.48. The van der Waals surface area contributed by atoms with E-state index >= 15 is 0 Å². The van der Waals surface area contributed by atoms with Gasteiger partial charge in [-0.1, -0.05) is 55.4 Å². The highest BCUT2D eigenvalue weighted by atomic mass is 32.2. The van der Waals surface area contributed by atoms with Gasteiger partial charge in [0.1, 0.15) is 19.2 Å². The molecule has 2 heterocycles. The third-order valence-corrected chi connectivity index (χ3v) is 6.53. The Morgan fingerprint density at radius 3 is 2.73 bits per heavy atom. The van der Waals surface area contributed by atoms with Crippen LogP contribution in [0.1, 0.15) is 19.4 Å². The fraction of sp³-hybridized carbons (Fsp3) is 0.417. The zero-order valence-corrected chi connectivity index (χ0v) is 18.7. The summed E-state index contributed by atoms with van der Waals surface area (Å²) >= 11 is 1.62. The molecule has 0 aliphatic carbocycles. The van der Waals surface area contributed by atoms with Crippen LogP contribution in [0, 0.1) is 12.8 Å². The number of ether oxygens (including phenoxy) is 1. The third kappa shape index (κ3) is 4.77. The van der Waals surface area contributed by atoms with Crippen LogP contribution in [0.2, 0.25) is 0 Å². The molecule has 158 valence electrons. The summed E-state index contributed by atoms with van der Waals surface area (Å²) < 4.78 is 7.78. The molecule has 0 spiro atoms. The molecule has 6 heteroatoms. The molecule has 1 saturated heterocycles. The van der Waals surface area contributed by atoms with Crippen molar-refractivity contribution < 1.29 is 9.64 Å². The number of thioether (sulfide) groups is 1. The van der Waals surface area contributed by atoms with Crippen molar-refractivity contribution in [3.63, 3.8) is 0 Å². The average molecular weight is 425 g/mol. The largest absolute Gasteiger partial charge is 0.366 e. The third-order valence-electron chi connectivity index (χ3n) is 5.46. The second-order valence-electron chi connectivity index (χ2n) is 8.49. The first kappa shape index (κ1) is 21.1. The lowest BCUT2D eigenvalue weighted by Gasteiger charge is -2.31. The highest BCUT2D eigenvalue weighted by Gasteiger charge is 2.25. The van der Waals surface area contributed by atoms with Gasteiger partial charge in [0.2, 0.25) is 0 Å². The standard InChI is InChI=1S/C24H29N3O2S/c1-17(2)14-26-12-13-29-20(15-26)16-30-24-25-22-7-5-4-6-21(22)23(28)27(24)19-10-8-18(3)9-11-19/h4-11,17,20H,12-16H2,1-3H3/p+1/t20-/m1/s1. The van der Waals surface area contributed by atoms with E-state index in [9.17, 15) is 4.79 Å². The number of nitrogens with one attached hydrogen (secondary N) is 1. The minimum atomic E-state index is -0.0245. The summed E-state index contributed by atoms with van der Waals surface area (Å²) in [5.41, 5.74) is 2.73. The number of quaternary nitrogens is 1. The Morgan fingerprint density at radius 2 is 1.97 bits per heavy atom. The molecule has 1 unspecified atom stereocenters. The number of para-hydroxylation sites is 1. The molecule has 30 heavy (non-hydrogen) atoms. The van der Waals surface area contributed by atoms with Crippen molar-refractivity contribution in [3.8, 4) is 5.69 Å². The second kappa shape index (κ2) is 9.33. The Morgan fingerprint density at radius 1 is 1.20 bits per heavy atom. The fourth-order valence-electron chi connectivity index (χ4n) is 4.02. The molecule has 1 aliphatic heterocycles. The van der Waals surface area contributed by atoms with Crippen molar-refractivity contribution in [3.05, 3.63) is 64.4 Å². The quantitative estimate of drug-likeness (QED) is 0.488. The summed E-state index contributed by atoms with van der Waals surface area (Å²) in [6.45, 7) is 10.6. The Balaban J connectivity index is 1.63. The summed E-state index contributed by atoms with van der Waals surface area (Å²) in [6, 6.07) is 15.6. The lowest BCUT2D eigenvalue weighted by Crippen LogP contribution is -3.15. The van der Waals surface area contributed by atoms with Gasteiger partial charge in [0, 0.05) is 11.7 Å². The van der Waals surface area contributed by atoms with Crippen LogP contribution in [-0.2, 0) is 4.74 Å². The molecule has 5 nitrogen and oxygen atoms in total. The van der Waals surface area contributed by atoms with Crippen LogP contribution in [0.15, 0.2) is 58.5 Å². The summed E-state index contributed by atoms with van der Waals surface area (Å²) in [5, 5.41) is 1.37. The molecule has 0 radical (unpaired) electrons. The maximum atomic E-state index is 13.3. The molecule has 1 N–H and O–H groups in total. The number of hydrogen-bond donors (Lipinski definition) is 1. The first-order chi connectivity index (χ1) is 14.5. The molecular formula is C24H30N3O2S+. The van der Waals surface area contributed by atoms with E-state index in [1.807, 2.05) is 55.5 Å². The molecular weight excluding hydrogens is 394 g/mol. The number of fused-ring (bicyclic) bond motifs is 1. The minimum Gasteiger partial charge on any atom is -0.366 e. The van der Waals surface area contributed by atoms with E-state index in [1.54, 1.807) is 21.2 Å². The van der Waals surface area contributed by atoms with Gasteiger partial charge >= 0.3 is 0 Å². The maximum Gasteiger partial charge on any atom is 0.266 e. The van der Waals surface area contributed by atoms with E-state index in [4.69, 9.17) is 9.72 Å². The van der Waals surface area contributed by atoms with Crippen LogP contribution in [0.5, 0.6) is 0 Å². The molecule has 1 aromatic heterocycles. The normalized spacial score (nSPS) is 19.5. The van der Waals surface area contributed by atoms with Gasteiger partial charge in [0.15, 0.2) is 5.16 Å². The molecule has 4 rings (SSSR count). The predicted octanol–water partition coefficient (Wildman–Crippen LogP) is 2.73. The molecule has 0 saturated carbocycles. The molecule has 3 aromatic rings. The zero-order chi connectivity index (χ0) is 21.1. The van der Waals surface area contributed by atoms with Crippen molar-refractivity contribution in [2.24, 2.45) is 5.92 Å². The van der Waals surface area contributed by atoms with E-state index in [2.05, 4.69) is 13.8 Å². The smallest absolute Gasteiger partial charge is 0.266 e. The van der Waals surface area contributed by atoms with E-state index in [0.29, 0.717) is 11.3 Å². The van der Waals surface area contributed by atoms with Crippen LogP contribution in [-0.4, -0.2) is 47.6 Å². The van der Waals surface area contributed by atoms with Crippen LogP contribution >= 0.6 is 11.8 Å². The topological polar surface area (TPSA) is 48.6 Å². The summed E-state index contributed by atoms with van der Waals surface area (Å²) in [6.07, 6.45) is 0.173. The Labute approximate surface area is 182 Å². The molecule has 0 amide bonds. The van der Waals surface area contributed by atoms with Crippen molar-refractivity contribution >= 4 is 22.7 Å². The van der Waals surface area contributed by atoms with E-state index in [0.717, 1.165) is 41.8 Å². The molecule has 1 aliphatic rings. The number of aryl methyl sites for hydroxylation is 1. The van der Waals surface area contributed by atoms with Crippen LogP contribution in [0.3, 0.4) is 0 Å². The van der Waals surface area contributed by atoms with E-state index in [-0.39, 0.29) is 11.7 Å². The van der Waals surface area contributed by atoms with Crippen molar-refractivity contribution in [2.45, 2.75) is 32.0 Å². The van der Waals surface area contributed by atoms with Gasteiger partial charge in [0.25, 0.3) is 5.56 Å². The van der Waals surface area contributed by atoms with Gasteiger partial charge in [-0.05, 0) is 31.2 Å². The Bertz CT molecular complexity index is 1060. The van der Waals surface area contributed by atoms with Gasteiger partial charge in [-0.3, -0.25) is 9.36 Å². The Hall–Kier alpha value is -2.15. The number of morpholine rings is 1. The van der Waals surface area contributed by atoms with E-state index < -0.39 is 0 Å². The highest BCUT2D eigenvalue weighted by molar-refractivity contribution is 7.99. The van der Waals surface area contributed by atoms with Gasteiger partial charge in [-0.2, -0.15) is 0 Å². The van der Waals surface area contributed by atoms with Crippen LogP contribution < -0.4 is 10.5 Å². The van der Waals surface area contributed by atoms with Crippen molar-refractivity contribution in [1.82, 2.24) is 9.55 Å². The first-order valence-corrected chi connectivity index (χ1v) is 11.7. The first-order valence-electron chi connectivity index (χ1n) is 10.7. The number of benzene rings is 2. The predicted molar refractivity (Wildman–Crippen MR) is 123 cm³/mol. The summed E-state index contributed by atoms with van der Waals surface area (Å²) in [5.74, 6) is 1.47. The molecule has 2 aromatic carbocycles. The van der Waals surface area contributed by atoms with Gasteiger partial charge in [-0.25, -0.2) is 4.98 Å². The number of hydrogen-bond acceptors (Lipinski definition) is 4. The van der Waals surface area contributed by atoms with Gasteiger partial charge in [0.05, 0.1) is 29.7 Å². The van der Waals surface area contributed by atoms with Crippen molar-refractivity contribution in [2.75, 3.05) is 32.0 Å². The number of nitrogens with zero attached hydrogens (tertiary/aromatic N) is 2. The minimum absolute atomic E-state index is 0.0245.